The second-order valence-corrected chi connectivity index (χ2v) is 7.58. The Balaban J connectivity index is 1.56. The fourth-order valence-electron chi connectivity index (χ4n) is 3.05. The molecular weight excluding hydrogens is 352 g/mol. The van der Waals surface area contributed by atoms with Crippen LogP contribution in [0.5, 0.6) is 0 Å². The summed E-state index contributed by atoms with van der Waals surface area (Å²) in [7, 11) is 0. The Morgan fingerprint density at radius 3 is 2.81 bits per heavy atom. The van der Waals surface area contributed by atoms with Crippen molar-refractivity contribution in [3.05, 3.63) is 35.9 Å². The predicted octanol–water partition coefficient (Wildman–Crippen LogP) is 3.14. The molecule has 0 atom stereocenters. The SMILES string of the molecule is Cc1noc(CSc2nnc(N3CCC(C)CC3)n2Cc2ccco2)n1. The maximum atomic E-state index is 5.54. The first kappa shape index (κ1) is 17.1. The van der Waals surface area contributed by atoms with Gasteiger partial charge in [-0.1, -0.05) is 23.8 Å². The molecule has 4 rings (SSSR count). The van der Waals surface area contributed by atoms with E-state index in [4.69, 9.17) is 8.94 Å². The number of thioether (sulfide) groups is 1. The maximum absolute atomic E-state index is 5.54. The summed E-state index contributed by atoms with van der Waals surface area (Å²) < 4.78 is 12.9. The molecule has 0 radical (unpaired) electrons. The van der Waals surface area contributed by atoms with Gasteiger partial charge in [0, 0.05) is 13.1 Å². The van der Waals surface area contributed by atoms with Gasteiger partial charge < -0.3 is 13.8 Å². The molecule has 8 nitrogen and oxygen atoms in total. The van der Waals surface area contributed by atoms with Crippen LogP contribution in [-0.2, 0) is 12.3 Å². The van der Waals surface area contributed by atoms with Crippen molar-refractivity contribution < 1.29 is 8.94 Å². The molecule has 1 fully saturated rings. The molecule has 9 heteroatoms. The fraction of sp³-hybridized carbons (Fsp3) is 0.529. The van der Waals surface area contributed by atoms with Crippen LogP contribution < -0.4 is 4.90 Å². The molecule has 1 saturated heterocycles. The van der Waals surface area contributed by atoms with Crippen LogP contribution in [0.15, 0.2) is 32.5 Å². The fourth-order valence-corrected chi connectivity index (χ4v) is 3.82. The zero-order chi connectivity index (χ0) is 17.9. The van der Waals surface area contributed by atoms with Crippen LogP contribution in [0.25, 0.3) is 0 Å². The van der Waals surface area contributed by atoms with Gasteiger partial charge in [0.2, 0.25) is 11.8 Å². The minimum atomic E-state index is 0.564. The van der Waals surface area contributed by atoms with Gasteiger partial charge in [-0.25, -0.2) is 0 Å². The Hall–Kier alpha value is -2.29. The Morgan fingerprint density at radius 1 is 1.27 bits per heavy atom. The molecular formula is C17H22N6O2S. The third-order valence-corrected chi connectivity index (χ3v) is 5.50. The molecule has 0 amide bonds. The van der Waals surface area contributed by atoms with Crippen LogP contribution >= 0.6 is 11.8 Å². The predicted molar refractivity (Wildman–Crippen MR) is 97.0 cm³/mol. The van der Waals surface area contributed by atoms with Crippen LogP contribution in [0.3, 0.4) is 0 Å². The van der Waals surface area contributed by atoms with Crippen LogP contribution in [0.1, 0.15) is 37.2 Å². The minimum Gasteiger partial charge on any atom is -0.467 e. The van der Waals surface area contributed by atoms with E-state index in [1.54, 1.807) is 18.0 Å². The number of rotatable bonds is 6. The molecule has 4 heterocycles. The summed E-state index contributed by atoms with van der Waals surface area (Å²) >= 11 is 1.55. The molecule has 26 heavy (non-hydrogen) atoms. The van der Waals surface area contributed by atoms with Gasteiger partial charge in [-0.15, -0.1) is 10.2 Å². The van der Waals surface area contributed by atoms with Gasteiger partial charge in [0.15, 0.2) is 11.0 Å². The summed E-state index contributed by atoms with van der Waals surface area (Å²) in [6.45, 7) is 6.73. The highest BCUT2D eigenvalue weighted by Crippen LogP contribution is 2.28. The lowest BCUT2D eigenvalue weighted by atomic mass is 10.00. The Morgan fingerprint density at radius 2 is 2.12 bits per heavy atom. The van der Waals surface area contributed by atoms with Crippen molar-refractivity contribution in [3.63, 3.8) is 0 Å². The van der Waals surface area contributed by atoms with E-state index in [1.165, 1.54) is 12.8 Å². The molecule has 0 bridgehead atoms. The maximum Gasteiger partial charge on any atom is 0.237 e. The zero-order valence-electron chi connectivity index (χ0n) is 15.0. The molecule has 3 aromatic heterocycles. The summed E-state index contributed by atoms with van der Waals surface area (Å²) in [4.78, 5) is 6.57. The van der Waals surface area contributed by atoms with Crippen molar-refractivity contribution in [1.29, 1.82) is 0 Å². The van der Waals surface area contributed by atoms with Gasteiger partial charge in [0.05, 0.1) is 18.6 Å². The largest absolute Gasteiger partial charge is 0.467 e. The quantitative estimate of drug-likeness (QED) is 0.608. The van der Waals surface area contributed by atoms with Gasteiger partial charge in [-0.2, -0.15) is 4.98 Å². The molecule has 0 saturated carbocycles. The lowest BCUT2D eigenvalue weighted by Gasteiger charge is -2.31. The molecule has 1 aliphatic rings. The second kappa shape index (κ2) is 7.53. The molecule has 138 valence electrons. The van der Waals surface area contributed by atoms with Gasteiger partial charge >= 0.3 is 0 Å². The van der Waals surface area contributed by atoms with Crippen molar-refractivity contribution in [2.24, 2.45) is 5.92 Å². The Labute approximate surface area is 156 Å². The van der Waals surface area contributed by atoms with Crippen molar-refractivity contribution in [2.45, 2.75) is 44.1 Å². The lowest BCUT2D eigenvalue weighted by molar-refractivity contribution is 0.387. The first-order valence-corrected chi connectivity index (χ1v) is 9.80. The number of aromatic nitrogens is 5. The molecule has 0 aromatic carbocycles. The van der Waals surface area contributed by atoms with Crippen molar-refractivity contribution in [1.82, 2.24) is 24.9 Å². The third kappa shape index (κ3) is 3.77. The summed E-state index contributed by atoms with van der Waals surface area (Å²) in [6.07, 6.45) is 4.05. The Kier molecular flexibility index (Phi) is 4.96. The van der Waals surface area contributed by atoms with Crippen LogP contribution in [0.2, 0.25) is 0 Å². The minimum absolute atomic E-state index is 0.564. The van der Waals surface area contributed by atoms with E-state index in [2.05, 4.69) is 36.7 Å². The van der Waals surface area contributed by atoms with Crippen LogP contribution in [0.4, 0.5) is 5.95 Å². The first-order chi connectivity index (χ1) is 12.7. The van der Waals surface area contributed by atoms with E-state index in [0.29, 0.717) is 24.0 Å². The third-order valence-electron chi connectivity index (χ3n) is 4.55. The molecule has 3 aromatic rings. The molecule has 0 N–H and O–H groups in total. The smallest absolute Gasteiger partial charge is 0.237 e. The van der Waals surface area contributed by atoms with E-state index in [-0.39, 0.29) is 0 Å². The van der Waals surface area contributed by atoms with Gasteiger partial charge in [0.25, 0.3) is 0 Å². The Bertz CT molecular complexity index is 835. The van der Waals surface area contributed by atoms with Crippen LogP contribution in [0, 0.1) is 12.8 Å². The zero-order valence-corrected chi connectivity index (χ0v) is 15.8. The van der Waals surface area contributed by atoms with Gasteiger partial charge in [0.1, 0.15) is 5.76 Å². The second-order valence-electron chi connectivity index (χ2n) is 6.64. The van der Waals surface area contributed by atoms with Crippen molar-refractivity contribution >= 4 is 17.7 Å². The highest BCUT2D eigenvalue weighted by atomic mass is 32.2. The number of nitrogens with zero attached hydrogens (tertiary/aromatic N) is 6. The van der Waals surface area contributed by atoms with Crippen molar-refractivity contribution in [3.8, 4) is 0 Å². The average molecular weight is 374 g/mol. The lowest BCUT2D eigenvalue weighted by Crippen LogP contribution is -2.35. The normalized spacial score (nSPS) is 15.7. The number of hydrogen-bond acceptors (Lipinski definition) is 8. The topological polar surface area (TPSA) is 86.0 Å². The summed E-state index contributed by atoms with van der Waals surface area (Å²) in [5, 5.41) is 13.5. The van der Waals surface area contributed by atoms with E-state index in [1.807, 2.05) is 19.1 Å². The van der Waals surface area contributed by atoms with E-state index >= 15 is 0 Å². The molecule has 0 spiro atoms. The first-order valence-electron chi connectivity index (χ1n) is 8.81. The molecule has 0 aliphatic carbocycles. The summed E-state index contributed by atoms with van der Waals surface area (Å²) in [5.41, 5.74) is 0. The highest BCUT2D eigenvalue weighted by molar-refractivity contribution is 7.98. The number of aryl methyl sites for hydroxylation is 1. The monoisotopic (exact) mass is 374 g/mol. The van der Waals surface area contributed by atoms with Crippen LogP contribution in [-0.4, -0.2) is 38.0 Å². The number of furan rings is 1. The van der Waals surface area contributed by atoms with Gasteiger partial charge in [-0.3, -0.25) is 4.57 Å². The molecule has 0 unspecified atom stereocenters. The van der Waals surface area contributed by atoms with E-state index < -0.39 is 0 Å². The van der Waals surface area contributed by atoms with Gasteiger partial charge in [-0.05, 0) is 37.8 Å². The number of piperidine rings is 1. The average Bonchev–Trinajstić information content (AvgIpc) is 3.37. The van der Waals surface area contributed by atoms with E-state index in [9.17, 15) is 0 Å². The van der Waals surface area contributed by atoms with Crippen molar-refractivity contribution in [2.75, 3.05) is 18.0 Å². The highest BCUT2D eigenvalue weighted by Gasteiger charge is 2.23. The standard InChI is InChI=1S/C17H22N6O2S/c1-12-5-7-22(8-6-12)16-19-20-17(23(16)10-14-4-3-9-24-14)26-11-15-18-13(2)21-25-15/h3-4,9,12H,5-8,10-11H2,1-2H3. The summed E-state index contributed by atoms with van der Waals surface area (Å²) in [6, 6.07) is 3.87. The molecule has 1 aliphatic heterocycles. The van der Waals surface area contributed by atoms with E-state index in [0.717, 1.165) is 35.9 Å². The summed E-state index contributed by atoms with van der Waals surface area (Å²) in [5.74, 6) is 4.34. The number of hydrogen-bond donors (Lipinski definition) is 0. The number of anilines is 1.